The van der Waals surface area contributed by atoms with Gasteiger partial charge in [0.2, 0.25) is 24.1 Å². The third-order valence-corrected chi connectivity index (χ3v) is 5.51. The number of phenols is 1. The second-order valence-electron chi connectivity index (χ2n) is 8.30. The smallest absolute Gasteiger partial charge is 0.245 e. The van der Waals surface area contributed by atoms with Crippen molar-refractivity contribution >= 4 is 24.1 Å². The van der Waals surface area contributed by atoms with E-state index in [1.54, 1.807) is 17.0 Å². The van der Waals surface area contributed by atoms with Gasteiger partial charge < -0.3 is 26.4 Å². The molecule has 2 aromatic carbocycles. The van der Waals surface area contributed by atoms with Crippen LogP contribution in [-0.2, 0) is 32.0 Å². The first-order valence-corrected chi connectivity index (χ1v) is 11.7. The van der Waals surface area contributed by atoms with Gasteiger partial charge in [0.05, 0.1) is 0 Å². The molecule has 35 heavy (non-hydrogen) atoms. The van der Waals surface area contributed by atoms with E-state index in [0.717, 1.165) is 43.5 Å². The summed E-state index contributed by atoms with van der Waals surface area (Å²) in [6.07, 6.45) is 3.91. The Balaban J connectivity index is 0.000000303. The quantitative estimate of drug-likeness (QED) is 0.282. The molecule has 3 rings (SSSR count). The summed E-state index contributed by atoms with van der Waals surface area (Å²) in [4.78, 5) is 47.1. The summed E-state index contributed by atoms with van der Waals surface area (Å²) in [6.45, 7) is 2.11. The van der Waals surface area contributed by atoms with E-state index in [1.807, 2.05) is 42.5 Å². The number of phenolic OH excluding ortho intramolecular Hbond substituents is 1. The number of nitrogens with one attached hydrogen (secondary N) is 2. The molecule has 9 nitrogen and oxygen atoms in total. The number of benzene rings is 2. The molecular formula is C26H34N4O5. The Morgan fingerprint density at radius 3 is 2.23 bits per heavy atom. The van der Waals surface area contributed by atoms with Crippen LogP contribution >= 0.6 is 0 Å². The van der Waals surface area contributed by atoms with Crippen molar-refractivity contribution in [3.63, 3.8) is 0 Å². The highest BCUT2D eigenvalue weighted by molar-refractivity contribution is 5.89. The van der Waals surface area contributed by atoms with E-state index in [-0.39, 0.29) is 30.4 Å². The number of primary amides is 1. The fraction of sp³-hybridized carbons (Fsp3) is 0.385. The predicted octanol–water partition coefficient (Wildman–Crippen LogP) is 1.28. The highest BCUT2D eigenvalue weighted by atomic mass is 16.3. The Hall–Kier alpha value is -3.88. The molecule has 0 spiro atoms. The second kappa shape index (κ2) is 15.1. The van der Waals surface area contributed by atoms with E-state index >= 15 is 0 Å². The Labute approximate surface area is 205 Å². The van der Waals surface area contributed by atoms with Gasteiger partial charge in [-0.3, -0.25) is 19.2 Å². The third kappa shape index (κ3) is 10.7. The Bertz CT molecular complexity index is 944. The number of nitrogens with two attached hydrogens (primary N) is 1. The average molecular weight is 483 g/mol. The van der Waals surface area contributed by atoms with E-state index in [9.17, 15) is 19.2 Å². The lowest BCUT2D eigenvalue weighted by Gasteiger charge is -2.24. The summed E-state index contributed by atoms with van der Waals surface area (Å²) in [6, 6.07) is 15.9. The van der Waals surface area contributed by atoms with Crippen molar-refractivity contribution in [1.82, 2.24) is 15.5 Å². The molecule has 1 atom stereocenters. The van der Waals surface area contributed by atoms with Gasteiger partial charge in [0.15, 0.2) is 0 Å². The second-order valence-corrected chi connectivity index (χ2v) is 8.30. The van der Waals surface area contributed by atoms with Crippen molar-refractivity contribution < 1.29 is 24.3 Å². The molecule has 0 saturated carbocycles. The molecule has 0 aromatic heterocycles. The van der Waals surface area contributed by atoms with Gasteiger partial charge in [-0.25, -0.2) is 0 Å². The maximum atomic E-state index is 12.6. The van der Waals surface area contributed by atoms with Gasteiger partial charge in [-0.15, -0.1) is 0 Å². The summed E-state index contributed by atoms with van der Waals surface area (Å²) in [5, 5.41) is 14.3. The van der Waals surface area contributed by atoms with Crippen LogP contribution < -0.4 is 16.4 Å². The van der Waals surface area contributed by atoms with Crippen LogP contribution in [0.4, 0.5) is 0 Å². The highest BCUT2D eigenvalue weighted by Gasteiger charge is 2.27. The Morgan fingerprint density at radius 2 is 1.63 bits per heavy atom. The average Bonchev–Trinajstić information content (AvgIpc) is 3.39. The van der Waals surface area contributed by atoms with Crippen molar-refractivity contribution in [3.8, 4) is 5.75 Å². The molecular weight excluding hydrogens is 448 g/mol. The summed E-state index contributed by atoms with van der Waals surface area (Å²) < 4.78 is 0. The molecule has 9 heteroatoms. The first kappa shape index (κ1) is 27.4. The van der Waals surface area contributed by atoms with Crippen LogP contribution in [0.1, 0.15) is 36.8 Å². The van der Waals surface area contributed by atoms with Gasteiger partial charge in [0.1, 0.15) is 11.8 Å². The minimum absolute atomic E-state index is 0.00784. The molecule has 1 heterocycles. The van der Waals surface area contributed by atoms with Gasteiger partial charge in [-0.2, -0.15) is 0 Å². The Kier molecular flexibility index (Phi) is 11.8. The number of aromatic hydroxyl groups is 1. The van der Waals surface area contributed by atoms with E-state index in [2.05, 4.69) is 10.6 Å². The lowest BCUT2D eigenvalue weighted by atomic mass is 10.0. The van der Waals surface area contributed by atoms with Crippen LogP contribution in [0.5, 0.6) is 5.75 Å². The van der Waals surface area contributed by atoms with Crippen molar-refractivity contribution in [2.24, 2.45) is 5.73 Å². The van der Waals surface area contributed by atoms with E-state index < -0.39 is 11.9 Å². The molecule has 1 aliphatic rings. The molecule has 0 aliphatic carbocycles. The fourth-order valence-corrected chi connectivity index (χ4v) is 3.65. The minimum atomic E-state index is -0.601. The standard InChI is InChI=1S/C17H23N3O3.C9H11NO2/c18-15(21)8-9-16(22)19-14(12-13-6-2-1-3-7-13)17(23)20-10-4-5-11-20;11-7-10-6-5-8-1-3-9(12)4-2-8/h1-3,6-7,14H,4-5,8-12H2,(H2,18,21)(H,19,22);1-4,7,12H,5-6H2,(H,10,11). The largest absolute Gasteiger partial charge is 0.508 e. The zero-order valence-electron chi connectivity index (χ0n) is 19.8. The maximum Gasteiger partial charge on any atom is 0.245 e. The molecule has 1 fully saturated rings. The first-order chi connectivity index (χ1) is 16.9. The SMILES string of the molecule is NC(=O)CCC(=O)NC(Cc1ccccc1)C(=O)N1CCCC1.O=CNCCc1ccc(O)cc1. The molecule has 1 saturated heterocycles. The van der Waals surface area contributed by atoms with Crippen molar-refractivity contribution in [2.45, 2.75) is 44.6 Å². The molecule has 4 amide bonds. The zero-order valence-corrected chi connectivity index (χ0v) is 19.8. The number of likely N-dealkylation sites (tertiary alicyclic amines) is 1. The lowest BCUT2D eigenvalue weighted by molar-refractivity contribution is -0.135. The van der Waals surface area contributed by atoms with Crippen LogP contribution in [0.15, 0.2) is 54.6 Å². The molecule has 0 bridgehead atoms. The number of rotatable bonds is 11. The number of nitrogens with zero attached hydrogens (tertiary/aromatic N) is 1. The first-order valence-electron chi connectivity index (χ1n) is 11.7. The molecule has 1 unspecified atom stereocenters. The van der Waals surface area contributed by atoms with E-state index in [0.29, 0.717) is 19.4 Å². The predicted molar refractivity (Wildman–Crippen MR) is 132 cm³/mol. The molecule has 188 valence electrons. The summed E-state index contributed by atoms with van der Waals surface area (Å²) in [5.74, 6) is -0.635. The van der Waals surface area contributed by atoms with Crippen molar-refractivity contribution in [3.05, 3.63) is 65.7 Å². The number of carbonyl (C=O) groups is 4. The summed E-state index contributed by atoms with van der Waals surface area (Å²) in [5.41, 5.74) is 7.15. The van der Waals surface area contributed by atoms with Crippen molar-refractivity contribution in [1.29, 1.82) is 0 Å². The maximum absolute atomic E-state index is 12.6. The topological polar surface area (TPSA) is 142 Å². The summed E-state index contributed by atoms with van der Waals surface area (Å²) in [7, 11) is 0. The molecule has 2 aromatic rings. The van der Waals surface area contributed by atoms with Crippen LogP contribution in [-0.4, -0.2) is 59.8 Å². The summed E-state index contributed by atoms with van der Waals surface area (Å²) >= 11 is 0. The Morgan fingerprint density at radius 1 is 0.971 bits per heavy atom. The minimum Gasteiger partial charge on any atom is -0.508 e. The number of hydrogen-bond acceptors (Lipinski definition) is 5. The van der Waals surface area contributed by atoms with Crippen molar-refractivity contribution in [2.75, 3.05) is 19.6 Å². The molecule has 1 aliphatic heterocycles. The van der Waals surface area contributed by atoms with Crippen LogP contribution in [0, 0.1) is 0 Å². The van der Waals surface area contributed by atoms with E-state index in [1.165, 1.54) is 0 Å². The van der Waals surface area contributed by atoms with Crippen LogP contribution in [0.25, 0.3) is 0 Å². The van der Waals surface area contributed by atoms with Gasteiger partial charge in [-0.1, -0.05) is 42.5 Å². The number of carbonyl (C=O) groups excluding carboxylic acids is 4. The van der Waals surface area contributed by atoms with Gasteiger partial charge in [0, 0.05) is 38.9 Å². The van der Waals surface area contributed by atoms with Crippen LogP contribution in [0.3, 0.4) is 0 Å². The van der Waals surface area contributed by atoms with E-state index in [4.69, 9.17) is 10.8 Å². The van der Waals surface area contributed by atoms with Gasteiger partial charge in [-0.05, 0) is 42.5 Å². The zero-order chi connectivity index (χ0) is 25.5. The third-order valence-electron chi connectivity index (χ3n) is 5.51. The number of amides is 4. The van der Waals surface area contributed by atoms with Crippen LogP contribution in [0.2, 0.25) is 0 Å². The highest BCUT2D eigenvalue weighted by Crippen LogP contribution is 2.13. The number of hydrogen-bond donors (Lipinski definition) is 4. The fourth-order valence-electron chi connectivity index (χ4n) is 3.65. The molecule has 5 N–H and O–H groups in total. The lowest BCUT2D eigenvalue weighted by Crippen LogP contribution is -2.49. The normalized spacial score (nSPS) is 13.2. The van der Waals surface area contributed by atoms with Gasteiger partial charge in [0.25, 0.3) is 0 Å². The van der Waals surface area contributed by atoms with Gasteiger partial charge >= 0.3 is 0 Å². The molecule has 0 radical (unpaired) electrons. The monoisotopic (exact) mass is 482 g/mol.